The standard InChI is InChI=1S/C24H20O/c1-2-8-18-13-15-20(16-14-18)24-21-11-6-7-12-23(21)25-17-22(24)19-9-4-3-5-10-19/h2-16H,17H2,1H3/b8-2+. The molecule has 0 radical (unpaired) electrons. The second-order valence-electron chi connectivity index (χ2n) is 6.13. The van der Waals surface area contributed by atoms with Crippen molar-refractivity contribution in [2.24, 2.45) is 0 Å². The Morgan fingerprint density at radius 2 is 1.48 bits per heavy atom. The van der Waals surface area contributed by atoms with Crippen LogP contribution in [0.1, 0.15) is 29.2 Å². The highest BCUT2D eigenvalue weighted by Crippen LogP contribution is 2.40. The van der Waals surface area contributed by atoms with Gasteiger partial charge in [0, 0.05) is 11.1 Å². The molecule has 0 saturated heterocycles. The molecule has 4 rings (SSSR count). The lowest BCUT2D eigenvalue weighted by Crippen LogP contribution is -2.11. The van der Waals surface area contributed by atoms with Crippen molar-refractivity contribution in [3.8, 4) is 5.75 Å². The fraction of sp³-hybridized carbons (Fsp3) is 0.0833. The molecule has 0 N–H and O–H groups in total. The van der Waals surface area contributed by atoms with Crippen molar-refractivity contribution in [1.29, 1.82) is 0 Å². The zero-order valence-corrected chi connectivity index (χ0v) is 14.3. The predicted molar refractivity (Wildman–Crippen MR) is 105 cm³/mol. The van der Waals surface area contributed by atoms with Crippen LogP contribution in [0.5, 0.6) is 5.75 Å². The minimum absolute atomic E-state index is 0.590. The molecule has 1 aliphatic heterocycles. The van der Waals surface area contributed by atoms with Crippen molar-refractivity contribution in [3.63, 3.8) is 0 Å². The van der Waals surface area contributed by atoms with E-state index in [1.807, 2.05) is 25.1 Å². The number of hydrogen-bond donors (Lipinski definition) is 0. The van der Waals surface area contributed by atoms with E-state index in [1.54, 1.807) is 0 Å². The van der Waals surface area contributed by atoms with Gasteiger partial charge in [-0.3, -0.25) is 0 Å². The largest absolute Gasteiger partial charge is 0.488 e. The Balaban J connectivity index is 1.92. The minimum atomic E-state index is 0.590. The predicted octanol–water partition coefficient (Wildman–Crippen LogP) is 6.07. The van der Waals surface area contributed by atoms with Gasteiger partial charge in [-0.05, 0) is 35.3 Å². The van der Waals surface area contributed by atoms with E-state index >= 15 is 0 Å². The highest BCUT2D eigenvalue weighted by atomic mass is 16.5. The molecule has 0 saturated carbocycles. The summed E-state index contributed by atoms with van der Waals surface area (Å²) in [4.78, 5) is 0. The number of benzene rings is 3. The number of rotatable bonds is 3. The third-order valence-electron chi connectivity index (χ3n) is 4.51. The van der Waals surface area contributed by atoms with Crippen molar-refractivity contribution >= 4 is 17.2 Å². The second-order valence-corrected chi connectivity index (χ2v) is 6.13. The summed E-state index contributed by atoms with van der Waals surface area (Å²) in [6, 6.07) is 27.6. The SMILES string of the molecule is C/C=C/c1ccc(C2=C(c3ccccc3)COc3ccccc32)cc1. The molecule has 0 spiro atoms. The smallest absolute Gasteiger partial charge is 0.127 e. The summed E-state index contributed by atoms with van der Waals surface area (Å²) in [5.41, 5.74) is 7.31. The summed E-state index contributed by atoms with van der Waals surface area (Å²) in [5.74, 6) is 0.953. The van der Waals surface area contributed by atoms with Crippen LogP contribution in [-0.2, 0) is 0 Å². The molecule has 25 heavy (non-hydrogen) atoms. The first-order valence-corrected chi connectivity index (χ1v) is 8.61. The number of ether oxygens (including phenoxy) is 1. The third kappa shape index (κ3) is 3.01. The molecule has 1 heterocycles. The van der Waals surface area contributed by atoms with Gasteiger partial charge in [0.15, 0.2) is 0 Å². The molecule has 1 heteroatoms. The minimum Gasteiger partial charge on any atom is -0.488 e. The van der Waals surface area contributed by atoms with Crippen LogP contribution in [0, 0.1) is 0 Å². The second kappa shape index (κ2) is 6.82. The van der Waals surface area contributed by atoms with Crippen LogP contribution in [-0.4, -0.2) is 6.61 Å². The van der Waals surface area contributed by atoms with E-state index in [0.717, 1.165) is 11.3 Å². The fourth-order valence-corrected chi connectivity index (χ4v) is 3.33. The molecule has 0 unspecified atom stereocenters. The van der Waals surface area contributed by atoms with Gasteiger partial charge in [-0.15, -0.1) is 0 Å². The average molecular weight is 324 g/mol. The van der Waals surface area contributed by atoms with Gasteiger partial charge in [-0.1, -0.05) is 84.9 Å². The average Bonchev–Trinajstić information content (AvgIpc) is 2.69. The molecule has 0 aromatic heterocycles. The van der Waals surface area contributed by atoms with Gasteiger partial charge in [0.25, 0.3) is 0 Å². The van der Waals surface area contributed by atoms with Crippen LogP contribution in [0.3, 0.4) is 0 Å². The van der Waals surface area contributed by atoms with E-state index in [0.29, 0.717) is 6.61 Å². The normalized spacial score (nSPS) is 13.6. The molecule has 1 nitrogen and oxygen atoms in total. The number of para-hydroxylation sites is 1. The highest BCUT2D eigenvalue weighted by Gasteiger charge is 2.22. The number of hydrogen-bond acceptors (Lipinski definition) is 1. The Morgan fingerprint density at radius 3 is 2.24 bits per heavy atom. The molecule has 0 aliphatic carbocycles. The van der Waals surface area contributed by atoms with Crippen LogP contribution < -0.4 is 4.74 Å². The van der Waals surface area contributed by atoms with Gasteiger partial charge in [0.05, 0.1) is 0 Å². The monoisotopic (exact) mass is 324 g/mol. The summed E-state index contributed by atoms with van der Waals surface area (Å²) in [6.45, 7) is 2.63. The summed E-state index contributed by atoms with van der Waals surface area (Å²) in [7, 11) is 0. The van der Waals surface area contributed by atoms with E-state index in [2.05, 4.69) is 72.8 Å². The quantitative estimate of drug-likeness (QED) is 0.568. The molecule has 0 amide bonds. The molecule has 3 aromatic rings. The van der Waals surface area contributed by atoms with Gasteiger partial charge in [-0.2, -0.15) is 0 Å². The Kier molecular flexibility index (Phi) is 4.22. The number of fused-ring (bicyclic) bond motifs is 1. The maximum atomic E-state index is 6.04. The van der Waals surface area contributed by atoms with Gasteiger partial charge in [-0.25, -0.2) is 0 Å². The highest BCUT2D eigenvalue weighted by molar-refractivity contribution is 6.01. The van der Waals surface area contributed by atoms with Crippen LogP contribution >= 0.6 is 0 Å². The van der Waals surface area contributed by atoms with E-state index in [4.69, 9.17) is 4.74 Å². The van der Waals surface area contributed by atoms with Gasteiger partial charge in [0.2, 0.25) is 0 Å². The summed E-state index contributed by atoms with van der Waals surface area (Å²) < 4.78 is 6.04. The zero-order valence-electron chi connectivity index (χ0n) is 14.3. The van der Waals surface area contributed by atoms with Gasteiger partial charge in [0.1, 0.15) is 12.4 Å². The molecule has 0 atom stereocenters. The first kappa shape index (κ1) is 15.5. The molecule has 0 fully saturated rings. The molecule has 1 aliphatic rings. The Hall–Kier alpha value is -3.06. The number of allylic oxidation sites excluding steroid dienone is 1. The van der Waals surface area contributed by atoms with E-state index in [9.17, 15) is 0 Å². The topological polar surface area (TPSA) is 9.23 Å². The van der Waals surface area contributed by atoms with Crippen molar-refractivity contribution in [2.75, 3.05) is 6.61 Å². The molecular formula is C24H20O. The Bertz CT molecular complexity index is 931. The van der Waals surface area contributed by atoms with Crippen molar-refractivity contribution in [3.05, 3.63) is 107 Å². The van der Waals surface area contributed by atoms with Crippen molar-refractivity contribution in [1.82, 2.24) is 0 Å². The molecule has 122 valence electrons. The van der Waals surface area contributed by atoms with E-state index in [-0.39, 0.29) is 0 Å². The van der Waals surface area contributed by atoms with Crippen LogP contribution in [0.15, 0.2) is 84.9 Å². The Morgan fingerprint density at radius 1 is 0.760 bits per heavy atom. The Labute approximate surface area is 148 Å². The fourth-order valence-electron chi connectivity index (χ4n) is 3.33. The summed E-state index contributed by atoms with van der Waals surface area (Å²) in [6.07, 6.45) is 4.18. The lowest BCUT2D eigenvalue weighted by molar-refractivity contribution is 0.365. The lowest BCUT2D eigenvalue weighted by Gasteiger charge is -2.25. The van der Waals surface area contributed by atoms with Crippen molar-refractivity contribution < 1.29 is 4.74 Å². The third-order valence-corrected chi connectivity index (χ3v) is 4.51. The van der Waals surface area contributed by atoms with Crippen molar-refractivity contribution in [2.45, 2.75) is 6.92 Å². The van der Waals surface area contributed by atoms with E-state index in [1.165, 1.54) is 27.8 Å². The molecule has 3 aromatic carbocycles. The molecular weight excluding hydrogens is 304 g/mol. The maximum absolute atomic E-state index is 6.04. The summed E-state index contributed by atoms with van der Waals surface area (Å²) >= 11 is 0. The summed E-state index contributed by atoms with van der Waals surface area (Å²) in [5, 5.41) is 0. The van der Waals surface area contributed by atoms with Gasteiger partial charge < -0.3 is 4.74 Å². The van der Waals surface area contributed by atoms with E-state index < -0.39 is 0 Å². The first-order valence-electron chi connectivity index (χ1n) is 8.61. The molecule has 0 bridgehead atoms. The van der Waals surface area contributed by atoms with Crippen LogP contribution in [0.25, 0.3) is 17.2 Å². The van der Waals surface area contributed by atoms with Gasteiger partial charge >= 0.3 is 0 Å². The zero-order chi connectivity index (χ0) is 17.1. The maximum Gasteiger partial charge on any atom is 0.127 e. The van der Waals surface area contributed by atoms with Crippen LogP contribution in [0.4, 0.5) is 0 Å². The van der Waals surface area contributed by atoms with Crippen LogP contribution in [0.2, 0.25) is 0 Å². The lowest BCUT2D eigenvalue weighted by atomic mass is 9.87. The first-order chi connectivity index (χ1) is 12.4.